The number of fused-ring (bicyclic) bond motifs is 1. The van der Waals surface area contributed by atoms with Gasteiger partial charge in [0.25, 0.3) is 0 Å². The predicted octanol–water partition coefficient (Wildman–Crippen LogP) is 3.88. The van der Waals surface area contributed by atoms with E-state index >= 15 is 0 Å². The SMILES string of the molecule is CC1C=CC2=CCCCCC2(N)C1CCC1CCCC(=O)O1. The molecule has 3 rings (SSSR count). The van der Waals surface area contributed by atoms with Crippen molar-refractivity contribution < 1.29 is 9.53 Å². The molecule has 0 radical (unpaired) electrons. The number of hydrogen-bond donors (Lipinski definition) is 1. The fraction of sp³-hybridized carbons (Fsp3) is 0.737. The number of ether oxygens (including phenoxy) is 1. The highest BCUT2D eigenvalue weighted by atomic mass is 16.5. The lowest BCUT2D eigenvalue weighted by molar-refractivity contribution is -0.154. The molecular weight excluding hydrogens is 274 g/mol. The van der Waals surface area contributed by atoms with E-state index in [0.717, 1.165) is 38.5 Å². The van der Waals surface area contributed by atoms with Crippen LogP contribution in [-0.2, 0) is 9.53 Å². The molecule has 0 aromatic rings. The molecular formula is C19H29NO2. The van der Waals surface area contributed by atoms with Gasteiger partial charge < -0.3 is 10.5 Å². The summed E-state index contributed by atoms with van der Waals surface area (Å²) in [6.45, 7) is 2.28. The van der Waals surface area contributed by atoms with Crippen LogP contribution in [0.15, 0.2) is 23.8 Å². The molecule has 0 saturated carbocycles. The monoisotopic (exact) mass is 303 g/mol. The van der Waals surface area contributed by atoms with Crippen LogP contribution in [0.2, 0.25) is 0 Å². The molecule has 0 aromatic heterocycles. The van der Waals surface area contributed by atoms with Crippen LogP contribution in [0.25, 0.3) is 0 Å². The van der Waals surface area contributed by atoms with Crippen molar-refractivity contribution in [2.75, 3.05) is 0 Å². The summed E-state index contributed by atoms with van der Waals surface area (Å²) in [5, 5.41) is 0. The maximum Gasteiger partial charge on any atom is 0.306 e. The third kappa shape index (κ3) is 3.15. The van der Waals surface area contributed by atoms with Gasteiger partial charge in [-0.2, -0.15) is 0 Å². The number of rotatable bonds is 3. The summed E-state index contributed by atoms with van der Waals surface area (Å²) in [6, 6.07) is 0. The Balaban J connectivity index is 1.70. The molecule has 3 nitrogen and oxygen atoms in total. The molecule has 1 aliphatic heterocycles. The van der Waals surface area contributed by atoms with E-state index in [9.17, 15) is 4.79 Å². The van der Waals surface area contributed by atoms with E-state index in [2.05, 4.69) is 25.2 Å². The fourth-order valence-electron chi connectivity index (χ4n) is 4.50. The molecule has 4 unspecified atom stereocenters. The first-order valence-electron chi connectivity index (χ1n) is 8.97. The van der Waals surface area contributed by atoms with Crippen LogP contribution in [0.1, 0.15) is 64.7 Å². The molecule has 3 heteroatoms. The molecule has 0 amide bonds. The van der Waals surface area contributed by atoms with Crippen molar-refractivity contribution in [1.29, 1.82) is 0 Å². The highest BCUT2D eigenvalue weighted by Crippen LogP contribution is 2.43. The van der Waals surface area contributed by atoms with E-state index in [-0.39, 0.29) is 17.6 Å². The van der Waals surface area contributed by atoms with Gasteiger partial charge >= 0.3 is 5.97 Å². The first kappa shape index (κ1) is 15.8. The zero-order chi connectivity index (χ0) is 15.6. The Morgan fingerprint density at radius 3 is 3.00 bits per heavy atom. The van der Waals surface area contributed by atoms with Gasteiger partial charge in [-0.3, -0.25) is 4.79 Å². The van der Waals surface area contributed by atoms with E-state index < -0.39 is 0 Å². The number of carbonyl (C=O) groups is 1. The van der Waals surface area contributed by atoms with Crippen LogP contribution in [0.3, 0.4) is 0 Å². The van der Waals surface area contributed by atoms with Crippen LogP contribution < -0.4 is 5.73 Å². The average molecular weight is 303 g/mol. The van der Waals surface area contributed by atoms with Crippen molar-refractivity contribution in [3.05, 3.63) is 23.8 Å². The quantitative estimate of drug-likeness (QED) is 0.805. The summed E-state index contributed by atoms with van der Waals surface area (Å²) in [7, 11) is 0. The van der Waals surface area contributed by atoms with Crippen molar-refractivity contribution in [3.8, 4) is 0 Å². The number of esters is 1. The molecule has 0 aromatic carbocycles. The van der Waals surface area contributed by atoms with E-state index in [4.69, 9.17) is 10.5 Å². The van der Waals surface area contributed by atoms with Crippen molar-refractivity contribution in [1.82, 2.24) is 0 Å². The van der Waals surface area contributed by atoms with Gasteiger partial charge in [0.15, 0.2) is 0 Å². The lowest BCUT2D eigenvalue weighted by atomic mass is 9.65. The van der Waals surface area contributed by atoms with Gasteiger partial charge in [-0.05, 0) is 62.4 Å². The van der Waals surface area contributed by atoms with Gasteiger partial charge in [-0.1, -0.05) is 31.6 Å². The summed E-state index contributed by atoms with van der Waals surface area (Å²) < 4.78 is 5.49. The van der Waals surface area contributed by atoms with Gasteiger partial charge in [-0.15, -0.1) is 0 Å². The van der Waals surface area contributed by atoms with Crippen LogP contribution in [0.5, 0.6) is 0 Å². The van der Waals surface area contributed by atoms with Gasteiger partial charge in [0, 0.05) is 12.0 Å². The predicted molar refractivity (Wildman–Crippen MR) is 88.2 cm³/mol. The van der Waals surface area contributed by atoms with Gasteiger partial charge in [-0.25, -0.2) is 0 Å². The van der Waals surface area contributed by atoms with Crippen molar-refractivity contribution in [2.45, 2.75) is 76.4 Å². The topological polar surface area (TPSA) is 52.3 Å². The lowest BCUT2D eigenvalue weighted by Gasteiger charge is -2.44. The van der Waals surface area contributed by atoms with Gasteiger partial charge in [0.1, 0.15) is 6.10 Å². The average Bonchev–Trinajstić information content (AvgIpc) is 2.68. The van der Waals surface area contributed by atoms with E-state index in [1.165, 1.54) is 18.4 Å². The molecule has 4 atom stereocenters. The summed E-state index contributed by atoms with van der Waals surface area (Å²) in [5.74, 6) is 0.937. The van der Waals surface area contributed by atoms with E-state index in [0.29, 0.717) is 18.3 Å². The smallest absolute Gasteiger partial charge is 0.306 e. The molecule has 3 aliphatic rings. The highest BCUT2D eigenvalue weighted by molar-refractivity contribution is 5.70. The summed E-state index contributed by atoms with van der Waals surface area (Å²) in [5.41, 5.74) is 8.08. The second-order valence-electron chi connectivity index (χ2n) is 7.35. The molecule has 2 N–H and O–H groups in total. The minimum atomic E-state index is -0.177. The second kappa shape index (κ2) is 6.57. The fourth-order valence-corrected chi connectivity index (χ4v) is 4.50. The summed E-state index contributed by atoms with van der Waals surface area (Å²) in [4.78, 5) is 11.5. The highest BCUT2D eigenvalue weighted by Gasteiger charge is 2.42. The molecule has 0 bridgehead atoms. The third-order valence-electron chi connectivity index (χ3n) is 5.83. The maximum absolute atomic E-state index is 11.5. The minimum Gasteiger partial charge on any atom is -0.462 e. The number of allylic oxidation sites excluding steroid dienone is 2. The maximum atomic E-state index is 11.5. The normalized spacial score (nSPS) is 38.7. The molecule has 2 aliphatic carbocycles. The van der Waals surface area contributed by atoms with Crippen LogP contribution >= 0.6 is 0 Å². The zero-order valence-corrected chi connectivity index (χ0v) is 13.7. The number of hydrogen-bond acceptors (Lipinski definition) is 3. The number of cyclic esters (lactones) is 1. The third-order valence-corrected chi connectivity index (χ3v) is 5.83. The first-order valence-corrected chi connectivity index (χ1v) is 8.97. The minimum absolute atomic E-state index is 0.0228. The first-order chi connectivity index (χ1) is 10.6. The largest absolute Gasteiger partial charge is 0.462 e. The molecule has 1 heterocycles. The second-order valence-corrected chi connectivity index (χ2v) is 7.35. The summed E-state index contributed by atoms with van der Waals surface area (Å²) >= 11 is 0. The molecule has 1 saturated heterocycles. The Labute approximate surface area is 134 Å². The van der Waals surface area contributed by atoms with E-state index in [1.807, 2.05) is 0 Å². The Hall–Kier alpha value is -1.09. The Morgan fingerprint density at radius 2 is 2.18 bits per heavy atom. The van der Waals surface area contributed by atoms with E-state index in [1.54, 1.807) is 0 Å². The Kier molecular flexibility index (Phi) is 4.72. The number of nitrogens with two attached hydrogens (primary N) is 1. The number of carbonyl (C=O) groups excluding carboxylic acids is 1. The van der Waals surface area contributed by atoms with Gasteiger partial charge in [0.2, 0.25) is 0 Å². The standard InChI is InChI=1S/C19H29NO2/c1-14-9-10-15-6-3-2-4-13-19(15,20)17(14)12-11-16-7-5-8-18(21)22-16/h6,9-10,14,16-17H,2-5,7-8,11-13,20H2,1H3. The molecule has 22 heavy (non-hydrogen) atoms. The van der Waals surface area contributed by atoms with Gasteiger partial charge in [0.05, 0.1) is 0 Å². The Bertz CT molecular complexity index is 482. The lowest BCUT2D eigenvalue weighted by Crippen LogP contribution is -2.52. The Morgan fingerprint density at radius 1 is 1.32 bits per heavy atom. The van der Waals surface area contributed by atoms with Crippen molar-refractivity contribution in [2.24, 2.45) is 17.6 Å². The van der Waals surface area contributed by atoms with Crippen molar-refractivity contribution >= 4 is 5.97 Å². The van der Waals surface area contributed by atoms with Crippen molar-refractivity contribution in [3.63, 3.8) is 0 Å². The molecule has 1 fully saturated rings. The van der Waals surface area contributed by atoms with Crippen LogP contribution in [-0.4, -0.2) is 17.6 Å². The zero-order valence-electron chi connectivity index (χ0n) is 13.7. The van der Waals surface area contributed by atoms with Crippen LogP contribution in [0, 0.1) is 11.8 Å². The molecule has 0 spiro atoms. The summed E-state index contributed by atoms with van der Waals surface area (Å²) in [6.07, 6.45) is 16.3. The molecule has 122 valence electrons. The van der Waals surface area contributed by atoms with Crippen LogP contribution in [0.4, 0.5) is 0 Å².